The van der Waals surface area contributed by atoms with Gasteiger partial charge in [0.25, 0.3) is 0 Å². The number of anilines is 12. The first-order valence-electron chi connectivity index (χ1n) is 24.6. The summed E-state index contributed by atoms with van der Waals surface area (Å²) in [6.45, 7) is 9.08. The summed E-state index contributed by atoms with van der Waals surface area (Å²) in [5, 5.41) is 0. The molecule has 79 heavy (non-hydrogen) atoms. The summed E-state index contributed by atoms with van der Waals surface area (Å²) in [6, 6.07) is 48.6. The summed E-state index contributed by atoms with van der Waals surface area (Å²) in [5.74, 6) is 0. The second kappa shape index (κ2) is 21.3. The van der Waals surface area contributed by atoms with Crippen molar-refractivity contribution in [2.24, 2.45) is 0 Å². The van der Waals surface area contributed by atoms with E-state index in [2.05, 4.69) is 0 Å². The smallest absolute Gasteiger partial charge is 0.310 e. The molecule has 0 unspecified atom stereocenters. The van der Waals surface area contributed by atoms with Crippen LogP contribution in [-0.4, -0.2) is 0 Å². The first-order valence-corrected chi connectivity index (χ1v) is 24.6. The highest BCUT2D eigenvalue weighted by molar-refractivity contribution is 5.89. The van der Waals surface area contributed by atoms with Crippen LogP contribution in [0.15, 0.2) is 200 Å². The molecule has 0 saturated carbocycles. The van der Waals surface area contributed by atoms with Crippen LogP contribution in [0.2, 0.25) is 0 Å². The average molecular weight is 1090 g/mol. The zero-order valence-electron chi connectivity index (χ0n) is 42.9. The van der Waals surface area contributed by atoms with E-state index in [0.717, 1.165) is 59.7 Å². The summed E-state index contributed by atoms with van der Waals surface area (Å²) in [4.78, 5) is 6.60. The van der Waals surface area contributed by atoms with Gasteiger partial charge in [-0.1, -0.05) is 48.5 Å². The number of rotatable bonds is 12. The van der Waals surface area contributed by atoms with Crippen LogP contribution < -0.4 is 19.6 Å². The van der Waals surface area contributed by atoms with Gasteiger partial charge in [-0.15, -0.1) is 0 Å². The van der Waals surface area contributed by atoms with Crippen LogP contribution in [0.1, 0.15) is 50.1 Å². The molecule has 0 amide bonds. The van der Waals surface area contributed by atoms with Gasteiger partial charge in [0.1, 0.15) is 0 Å². The highest BCUT2D eigenvalue weighted by Crippen LogP contribution is 2.48. The Kier molecular flexibility index (Phi) is 14.8. The molecule has 0 bridgehead atoms. The molecule has 0 atom stereocenters. The van der Waals surface area contributed by atoms with Crippen molar-refractivity contribution in [1.82, 2.24) is 0 Å². The minimum atomic E-state index is -4.79. The molecule has 404 valence electrons. The van der Waals surface area contributed by atoms with Gasteiger partial charge in [-0.05, 0) is 214 Å². The fourth-order valence-corrected chi connectivity index (χ4v) is 9.64. The van der Waals surface area contributed by atoms with Crippen molar-refractivity contribution >= 4 is 68.2 Å². The van der Waals surface area contributed by atoms with Crippen molar-refractivity contribution in [3.63, 3.8) is 0 Å². The number of alkyl halides is 12. The van der Waals surface area contributed by atoms with Crippen molar-refractivity contribution in [3.05, 3.63) is 250 Å². The second-order valence-corrected chi connectivity index (χ2v) is 19.1. The largest absolute Gasteiger partial charge is 0.416 e. The van der Waals surface area contributed by atoms with Gasteiger partial charge in [0, 0.05) is 68.2 Å². The summed E-state index contributed by atoms with van der Waals surface area (Å²) in [6.07, 6.45) is -18.9. The third-order valence-electron chi connectivity index (χ3n) is 13.3. The van der Waals surface area contributed by atoms with Crippen molar-refractivity contribution in [3.8, 4) is 0 Å². The van der Waals surface area contributed by atoms with Crippen LogP contribution in [0, 0.1) is 34.6 Å². The van der Waals surface area contributed by atoms with Gasteiger partial charge in [-0.3, -0.25) is 0 Å². The van der Waals surface area contributed by atoms with Crippen molar-refractivity contribution in [1.29, 1.82) is 0 Å². The number of halogens is 12. The van der Waals surface area contributed by atoms with E-state index in [9.17, 15) is 52.7 Å². The van der Waals surface area contributed by atoms with E-state index in [4.69, 9.17) is 0 Å². The maximum atomic E-state index is 14.2. The molecular weight excluding hydrogens is 1040 g/mol. The molecule has 4 nitrogen and oxygen atoms in total. The summed E-state index contributed by atoms with van der Waals surface area (Å²) in [5.41, 5.74) is 3.97. The first-order chi connectivity index (χ1) is 37.2. The van der Waals surface area contributed by atoms with E-state index in [0.29, 0.717) is 56.5 Å². The predicted octanol–water partition coefficient (Wildman–Crippen LogP) is 21.2. The van der Waals surface area contributed by atoms with E-state index in [1.807, 2.05) is 69.0 Å². The molecule has 0 N–H and O–H groups in total. The second-order valence-electron chi connectivity index (χ2n) is 19.1. The molecular formula is C63H48F12N4. The van der Waals surface area contributed by atoms with Gasteiger partial charge in [0.15, 0.2) is 0 Å². The number of hydrogen-bond donors (Lipinski definition) is 0. The predicted molar refractivity (Wildman–Crippen MR) is 289 cm³/mol. The Morgan fingerprint density at radius 3 is 0.658 bits per heavy atom. The monoisotopic (exact) mass is 1090 g/mol. The van der Waals surface area contributed by atoms with Gasteiger partial charge in [0.05, 0.1) is 22.3 Å². The van der Waals surface area contributed by atoms with Crippen molar-refractivity contribution in [2.75, 3.05) is 19.6 Å². The van der Waals surface area contributed by atoms with E-state index in [1.165, 1.54) is 41.3 Å². The Morgan fingerprint density at radius 1 is 0.228 bits per heavy atom. The molecule has 9 rings (SSSR count). The lowest BCUT2D eigenvalue weighted by Gasteiger charge is -2.33. The van der Waals surface area contributed by atoms with Gasteiger partial charge < -0.3 is 19.6 Å². The fourth-order valence-electron chi connectivity index (χ4n) is 9.64. The van der Waals surface area contributed by atoms with E-state index in [1.54, 1.807) is 95.6 Å². The average Bonchev–Trinajstić information content (AvgIpc) is 3.43. The highest BCUT2D eigenvalue weighted by Gasteiger charge is 2.35. The van der Waals surface area contributed by atoms with E-state index in [-0.39, 0.29) is 28.4 Å². The maximum Gasteiger partial charge on any atom is 0.416 e. The molecule has 0 aromatic heterocycles. The normalized spacial score (nSPS) is 12.1. The minimum Gasteiger partial charge on any atom is -0.310 e. The standard InChI is InChI=1S/C63H48F12N4/c1-39-12-6-18-48(30-39)76(50-20-8-14-44(35-50)60(64,65)66)54-24-27-57(41(3)32-54)79(58-28-25-55(33-42(58)4)77(49-19-7-13-40(2)31-49)51-21-9-15-45(36-51)61(67,68)69)59-29-26-56(34-43(59)5)78(52-22-10-16-46(37-52)62(70,71)72)53-23-11-17-47(38-53)63(73,74)75/h6-38H,1-5H3. The summed E-state index contributed by atoms with van der Waals surface area (Å²) in [7, 11) is 0. The quantitative estimate of drug-likeness (QED) is 0.113. The lowest BCUT2D eigenvalue weighted by molar-refractivity contribution is -0.138. The molecule has 0 aliphatic heterocycles. The summed E-state index contributed by atoms with van der Waals surface area (Å²) >= 11 is 0. The molecule has 0 saturated heterocycles. The van der Waals surface area contributed by atoms with Crippen LogP contribution in [0.4, 0.5) is 121 Å². The third kappa shape index (κ3) is 11.9. The molecule has 0 heterocycles. The van der Waals surface area contributed by atoms with E-state index >= 15 is 0 Å². The Balaban J connectivity index is 1.24. The van der Waals surface area contributed by atoms with Gasteiger partial charge in [0.2, 0.25) is 0 Å². The number of hydrogen-bond acceptors (Lipinski definition) is 4. The number of nitrogens with zero attached hydrogens (tertiary/aromatic N) is 4. The molecule has 0 aliphatic carbocycles. The maximum absolute atomic E-state index is 14.2. The van der Waals surface area contributed by atoms with Gasteiger partial charge in [-0.25, -0.2) is 0 Å². The topological polar surface area (TPSA) is 13.0 Å². The number of benzene rings is 9. The van der Waals surface area contributed by atoms with Crippen molar-refractivity contribution in [2.45, 2.75) is 59.3 Å². The lowest BCUT2D eigenvalue weighted by atomic mass is 10.0. The van der Waals surface area contributed by atoms with Gasteiger partial charge in [-0.2, -0.15) is 52.7 Å². The summed E-state index contributed by atoms with van der Waals surface area (Å²) < 4.78 is 171. The SMILES string of the molecule is Cc1cccc(N(c2cccc(C(F)(F)F)c2)c2ccc(N(c3ccc(N(c4cccc(C)c4)c4cccc(C(F)(F)F)c4)cc3C)c3ccc(N(c4cccc(C(F)(F)F)c4)c4cccc(C(F)(F)F)c4)cc3C)c(C)c2)c1. The molecule has 0 fully saturated rings. The van der Waals surface area contributed by atoms with Gasteiger partial charge >= 0.3 is 24.7 Å². The van der Waals surface area contributed by atoms with Crippen LogP contribution in [0.25, 0.3) is 0 Å². The minimum absolute atomic E-state index is 0.0751. The fraction of sp³-hybridized carbons (Fsp3) is 0.143. The molecule has 9 aromatic rings. The molecule has 0 radical (unpaired) electrons. The lowest BCUT2D eigenvalue weighted by Crippen LogP contribution is -2.17. The van der Waals surface area contributed by atoms with Crippen LogP contribution in [0.5, 0.6) is 0 Å². The van der Waals surface area contributed by atoms with Crippen LogP contribution >= 0.6 is 0 Å². The Bertz CT molecular complexity index is 3480. The Hall–Kier alpha value is -8.66. The number of aryl methyl sites for hydroxylation is 5. The Morgan fingerprint density at radius 2 is 0.443 bits per heavy atom. The Labute approximate surface area is 448 Å². The third-order valence-corrected chi connectivity index (χ3v) is 13.3. The first kappa shape index (κ1) is 55.1. The zero-order valence-corrected chi connectivity index (χ0v) is 42.9. The van der Waals surface area contributed by atoms with Crippen LogP contribution in [0.3, 0.4) is 0 Å². The molecule has 16 heteroatoms. The zero-order chi connectivity index (χ0) is 56.8. The molecule has 0 spiro atoms. The van der Waals surface area contributed by atoms with Crippen LogP contribution in [-0.2, 0) is 24.7 Å². The van der Waals surface area contributed by atoms with Crippen molar-refractivity contribution < 1.29 is 52.7 Å². The molecule has 0 aliphatic rings. The van der Waals surface area contributed by atoms with E-state index < -0.39 is 47.0 Å². The highest BCUT2D eigenvalue weighted by atomic mass is 19.4. The molecule has 9 aromatic carbocycles.